The van der Waals surface area contributed by atoms with Crippen LogP contribution in [0.5, 0.6) is 0 Å². The second kappa shape index (κ2) is 5.33. The van der Waals surface area contributed by atoms with Crippen LogP contribution in [-0.2, 0) is 14.8 Å². The number of primary sulfonamides is 1. The number of rotatable bonds is 3. The Kier molecular flexibility index (Phi) is 3.70. The molecule has 1 aliphatic rings. The van der Waals surface area contributed by atoms with Crippen molar-refractivity contribution in [2.45, 2.75) is 29.7 Å². The largest absolute Gasteiger partial charge is 0.394 e. The number of nitrogens with two attached hydrogens (primary N) is 2. The van der Waals surface area contributed by atoms with Crippen molar-refractivity contribution in [3.63, 3.8) is 0 Å². The third-order valence-electron chi connectivity index (χ3n) is 3.47. The summed E-state index contributed by atoms with van der Waals surface area (Å²) in [6, 6.07) is 0. The maximum absolute atomic E-state index is 11.4. The Bertz CT molecular complexity index is 853. The topological polar surface area (TPSA) is 200 Å². The van der Waals surface area contributed by atoms with Gasteiger partial charge in [-0.15, -0.1) is 0 Å². The Hall–Kier alpha value is -1.90. The summed E-state index contributed by atoms with van der Waals surface area (Å²) in [7, 11) is -4.21. The first-order chi connectivity index (χ1) is 10.7. The normalized spacial score (nSPS) is 28.5. The fourth-order valence-electron chi connectivity index (χ4n) is 2.34. The van der Waals surface area contributed by atoms with E-state index in [4.69, 9.17) is 20.7 Å². The van der Waals surface area contributed by atoms with Crippen molar-refractivity contribution < 1.29 is 28.5 Å². The van der Waals surface area contributed by atoms with Crippen LogP contribution in [0, 0.1) is 0 Å². The molecule has 2 aromatic heterocycles. The molecule has 0 bridgehead atoms. The van der Waals surface area contributed by atoms with Gasteiger partial charge >= 0.3 is 0 Å². The number of aliphatic hydroxyl groups excluding tert-OH is 3. The first-order valence-corrected chi connectivity index (χ1v) is 7.94. The van der Waals surface area contributed by atoms with E-state index in [9.17, 15) is 18.6 Å². The molecular formula is C10H14N6O6S. The van der Waals surface area contributed by atoms with Gasteiger partial charge in [-0.25, -0.2) is 18.5 Å². The fraction of sp³-hybridized carbons (Fsp3) is 0.500. The van der Waals surface area contributed by atoms with Crippen LogP contribution in [0.25, 0.3) is 11.2 Å². The van der Waals surface area contributed by atoms with E-state index in [1.807, 2.05) is 0 Å². The van der Waals surface area contributed by atoms with Gasteiger partial charge in [0.25, 0.3) is 15.2 Å². The lowest BCUT2D eigenvalue weighted by Gasteiger charge is -2.16. The standard InChI is InChI=1S/C10H14N6O6S/c11-7-4-8(15-10(14-7)23(12,20)21)16(2-13-4)9-6(19)5(18)3(1-17)22-9/h2-3,5-6,9,17-19H,1H2,(H2,11,14,15)(H2,12,20,21)/t3-,5?,6?,9-/m1/s1. The number of sulfonamides is 1. The van der Waals surface area contributed by atoms with Crippen molar-refractivity contribution in [2.24, 2.45) is 5.14 Å². The zero-order valence-electron chi connectivity index (χ0n) is 11.5. The highest BCUT2D eigenvalue weighted by molar-refractivity contribution is 7.89. The quantitative estimate of drug-likeness (QED) is 0.350. The average molecular weight is 346 g/mol. The molecule has 0 amide bonds. The van der Waals surface area contributed by atoms with Crippen molar-refractivity contribution in [3.8, 4) is 0 Å². The van der Waals surface area contributed by atoms with E-state index in [0.717, 1.165) is 0 Å². The lowest BCUT2D eigenvalue weighted by atomic mass is 10.1. The highest BCUT2D eigenvalue weighted by Crippen LogP contribution is 2.32. The van der Waals surface area contributed by atoms with Crippen LogP contribution in [0.1, 0.15) is 6.23 Å². The van der Waals surface area contributed by atoms with Gasteiger partial charge in [0.2, 0.25) is 0 Å². The number of imidazole rings is 1. The minimum Gasteiger partial charge on any atom is -0.394 e. The molecule has 0 saturated carbocycles. The van der Waals surface area contributed by atoms with Gasteiger partial charge in [0.15, 0.2) is 17.7 Å². The number of ether oxygens (including phenoxy) is 1. The molecule has 126 valence electrons. The van der Waals surface area contributed by atoms with Crippen molar-refractivity contribution in [1.29, 1.82) is 0 Å². The second-order valence-corrected chi connectivity index (χ2v) is 6.44. The van der Waals surface area contributed by atoms with Gasteiger partial charge in [-0.3, -0.25) is 4.57 Å². The Morgan fingerprint density at radius 1 is 1.30 bits per heavy atom. The summed E-state index contributed by atoms with van der Waals surface area (Å²) in [5.41, 5.74) is 5.68. The van der Waals surface area contributed by atoms with Crippen LogP contribution < -0.4 is 10.9 Å². The Labute approximate surface area is 129 Å². The highest BCUT2D eigenvalue weighted by atomic mass is 32.2. The van der Waals surface area contributed by atoms with E-state index >= 15 is 0 Å². The van der Waals surface area contributed by atoms with Crippen LogP contribution in [-0.4, -0.2) is 68.2 Å². The maximum atomic E-state index is 11.4. The summed E-state index contributed by atoms with van der Waals surface area (Å²) < 4.78 is 29.4. The van der Waals surface area contributed by atoms with Crippen molar-refractivity contribution in [3.05, 3.63) is 6.33 Å². The molecule has 3 heterocycles. The monoisotopic (exact) mass is 346 g/mol. The third kappa shape index (κ3) is 2.52. The second-order valence-electron chi connectivity index (χ2n) is 4.99. The first-order valence-electron chi connectivity index (χ1n) is 6.39. The molecular weight excluding hydrogens is 332 g/mol. The minimum atomic E-state index is -4.21. The summed E-state index contributed by atoms with van der Waals surface area (Å²) in [4.78, 5) is 11.3. The van der Waals surface area contributed by atoms with Crippen LogP contribution in [0.4, 0.5) is 5.82 Å². The van der Waals surface area contributed by atoms with Gasteiger partial charge in [0.05, 0.1) is 12.9 Å². The number of anilines is 1. The van der Waals surface area contributed by atoms with Crippen molar-refractivity contribution in [2.75, 3.05) is 12.3 Å². The van der Waals surface area contributed by atoms with Gasteiger partial charge < -0.3 is 25.8 Å². The molecule has 0 radical (unpaired) electrons. The lowest BCUT2D eigenvalue weighted by molar-refractivity contribution is -0.0511. The molecule has 0 aliphatic carbocycles. The molecule has 0 aromatic carbocycles. The van der Waals surface area contributed by atoms with Crippen LogP contribution >= 0.6 is 0 Å². The summed E-state index contributed by atoms with van der Waals surface area (Å²) in [6.07, 6.45) is -3.68. The van der Waals surface area contributed by atoms with Crippen molar-refractivity contribution >= 4 is 27.0 Å². The predicted octanol–water partition coefficient (Wildman–Crippen LogP) is -3.33. The summed E-state index contributed by atoms with van der Waals surface area (Å²) in [5.74, 6) is -0.218. The Morgan fingerprint density at radius 2 is 2.00 bits per heavy atom. The Balaban J connectivity index is 2.14. The smallest absolute Gasteiger partial charge is 0.273 e. The SMILES string of the molecule is Nc1nc(S(N)(=O)=O)nc2c1ncn2[C@@H]1O[C@H](CO)C(O)C1O. The average Bonchev–Trinajstić information content (AvgIpc) is 3.01. The van der Waals surface area contributed by atoms with Gasteiger partial charge in [0.1, 0.15) is 23.8 Å². The van der Waals surface area contributed by atoms with E-state index in [2.05, 4.69) is 15.0 Å². The molecule has 1 aliphatic heterocycles. The van der Waals surface area contributed by atoms with Crippen molar-refractivity contribution in [1.82, 2.24) is 19.5 Å². The van der Waals surface area contributed by atoms with E-state index in [1.165, 1.54) is 10.9 Å². The summed E-state index contributed by atoms with van der Waals surface area (Å²) in [6.45, 7) is -0.513. The van der Waals surface area contributed by atoms with E-state index < -0.39 is 46.3 Å². The number of hydrogen-bond acceptors (Lipinski definition) is 10. The molecule has 2 aromatic rings. The molecule has 3 rings (SSSR count). The van der Waals surface area contributed by atoms with Gasteiger partial charge in [-0.05, 0) is 0 Å². The van der Waals surface area contributed by atoms with Crippen LogP contribution in [0.15, 0.2) is 11.5 Å². The molecule has 23 heavy (non-hydrogen) atoms. The lowest BCUT2D eigenvalue weighted by Crippen LogP contribution is -2.33. The number of nitrogens with zero attached hydrogens (tertiary/aromatic N) is 4. The highest BCUT2D eigenvalue weighted by Gasteiger charge is 2.44. The summed E-state index contributed by atoms with van der Waals surface area (Å²) >= 11 is 0. The van der Waals surface area contributed by atoms with Gasteiger partial charge in [-0.1, -0.05) is 0 Å². The van der Waals surface area contributed by atoms with E-state index in [0.29, 0.717) is 0 Å². The fourth-order valence-corrected chi connectivity index (χ4v) is 2.78. The minimum absolute atomic E-state index is 0.0450. The van der Waals surface area contributed by atoms with Gasteiger partial charge in [0, 0.05) is 0 Å². The molecule has 12 nitrogen and oxygen atoms in total. The number of fused-ring (bicyclic) bond motifs is 1. The zero-order chi connectivity index (χ0) is 16.9. The van der Waals surface area contributed by atoms with E-state index in [-0.39, 0.29) is 17.0 Å². The molecule has 0 spiro atoms. The zero-order valence-corrected chi connectivity index (χ0v) is 12.3. The predicted molar refractivity (Wildman–Crippen MR) is 74.1 cm³/mol. The molecule has 4 atom stereocenters. The molecule has 1 fully saturated rings. The number of aliphatic hydroxyl groups is 3. The summed E-state index contributed by atoms with van der Waals surface area (Å²) in [5, 5.41) is 33.2. The van der Waals surface area contributed by atoms with E-state index in [1.54, 1.807) is 0 Å². The molecule has 7 N–H and O–H groups in total. The maximum Gasteiger partial charge on any atom is 0.273 e. The molecule has 2 unspecified atom stereocenters. The first kappa shape index (κ1) is 16.0. The van der Waals surface area contributed by atoms with Crippen LogP contribution in [0.3, 0.4) is 0 Å². The molecule has 1 saturated heterocycles. The molecule has 13 heteroatoms. The third-order valence-corrected chi connectivity index (χ3v) is 4.17. The number of nitrogen functional groups attached to an aromatic ring is 1. The number of aromatic nitrogens is 4. The Morgan fingerprint density at radius 3 is 2.57 bits per heavy atom. The van der Waals surface area contributed by atoms with Crippen LogP contribution in [0.2, 0.25) is 0 Å². The number of hydrogen-bond donors (Lipinski definition) is 5. The van der Waals surface area contributed by atoms with Gasteiger partial charge in [-0.2, -0.15) is 9.97 Å².